The molecule has 0 aliphatic carbocycles. The fraction of sp³-hybridized carbons (Fsp3) is 0.429. The van der Waals surface area contributed by atoms with Crippen molar-refractivity contribution >= 4 is 16.6 Å². The molecule has 1 heterocycles. The van der Waals surface area contributed by atoms with E-state index in [0.717, 1.165) is 23.0 Å². The Morgan fingerprint density at radius 1 is 1.24 bits per heavy atom. The summed E-state index contributed by atoms with van der Waals surface area (Å²) in [6.45, 7) is 4.41. The topological polar surface area (TPSA) is 37.8 Å². The zero-order valence-electron chi connectivity index (χ0n) is 10.5. The largest absolute Gasteiger partial charge is 0.365 e. The number of fused-ring (bicyclic) bond motifs is 1. The van der Waals surface area contributed by atoms with Gasteiger partial charge in [-0.25, -0.2) is 0 Å². The molecule has 0 fully saturated rings. The molecule has 2 rings (SSSR count). The van der Waals surface area contributed by atoms with Crippen molar-refractivity contribution in [2.45, 2.75) is 39.2 Å². The van der Waals surface area contributed by atoms with Crippen molar-refractivity contribution in [1.29, 1.82) is 0 Å². The number of anilines is 1. The molecule has 1 unspecified atom stereocenters. The van der Waals surface area contributed by atoms with E-state index in [2.05, 4.69) is 41.5 Å². The lowest BCUT2D eigenvalue weighted by molar-refractivity contribution is 0.620. The summed E-state index contributed by atoms with van der Waals surface area (Å²) in [5, 5.41) is 14.0. The first kappa shape index (κ1) is 11.8. The van der Waals surface area contributed by atoms with Crippen molar-refractivity contribution in [3.8, 4) is 0 Å². The molecule has 0 amide bonds. The molecule has 17 heavy (non-hydrogen) atoms. The van der Waals surface area contributed by atoms with Crippen LogP contribution in [0.1, 0.15) is 33.1 Å². The SMILES string of the molecule is CCCC(CC)Nc1nncc2ccccc12. The van der Waals surface area contributed by atoms with Crippen LogP contribution in [-0.2, 0) is 0 Å². The fourth-order valence-corrected chi connectivity index (χ4v) is 2.05. The summed E-state index contributed by atoms with van der Waals surface area (Å²) in [5.41, 5.74) is 0. The highest BCUT2D eigenvalue weighted by Gasteiger charge is 2.08. The van der Waals surface area contributed by atoms with E-state index in [1.807, 2.05) is 12.1 Å². The second-order valence-electron chi connectivity index (χ2n) is 4.32. The van der Waals surface area contributed by atoms with Gasteiger partial charge in [0.15, 0.2) is 5.82 Å². The smallest absolute Gasteiger partial charge is 0.156 e. The molecular formula is C14H19N3. The number of benzene rings is 1. The van der Waals surface area contributed by atoms with E-state index in [-0.39, 0.29) is 0 Å². The predicted molar refractivity (Wildman–Crippen MR) is 72.1 cm³/mol. The van der Waals surface area contributed by atoms with E-state index in [1.165, 1.54) is 12.8 Å². The van der Waals surface area contributed by atoms with Crippen LogP contribution < -0.4 is 5.32 Å². The first-order valence-corrected chi connectivity index (χ1v) is 6.32. The van der Waals surface area contributed by atoms with Crippen LogP contribution in [-0.4, -0.2) is 16.2 Å². The van der Waals surface area contributed by atoms with Crippen LogP contribution in [0.15, 0.2) is 30.5 Å². The van der Waals surface area contributed by atoms with Crippen molar-refractivity contribution in [3.63, 3.8) is 0 Å². The summed E-state index contributed by atoms with van der Waals surface area (Å²) in [6, 6.07) is 8.70. The summed E-state index contributed by atoms with van der Waals surface area (Å²) in [4.78, 5) is 0. The third-order valence-corrected chi connectivity index (χ3v) is 3.04. The summed E-state index contributed by atoms with van der Waals surface area (Å²) >= 11 is 0. The normalized spacial score (nSPS) is 12.6. The molecule has 1 atom stereocenters. The van der Waals surface area contributed by atoms with Crippen molar-refractivity contribution in [2.24, 2.45) is 0 Å². The van der Waals surface area contributed by atoms with Crippen LogP contribution in [0.2, 0.25) is 0 Å². The van der Waals surface area contributed by atoms with Crippen LogP contribution >= 0.6 is 0 Å². The molecule has 0 spiro atoms. The second kappa shape index (κ2) is 5.62. The van der Waals surface area contributed by atoms with Crippen molar-refractivity contribution < 1.29 is 0 Å². The Hall–Kier alpha value is -1.64. The summed E-state index contributed by atoms with van der Waals surface area (Å²) in [6.07, 6.45) is 5.27. The number of hydrogen-bond acceptors (Lipinski definition) is 3. The van der Waals surface area contributed by atoms with E-state index >= 15 is 0 Å². The molecule has 3 heteroatoms. The van der Waals surface area contributed by atoms with E-state index < -0.39 is 0 Å². The molecule has 0 aliphatic heterocycles. The maximum atomic E-state index is 4.22. The van der Waals surface area contributed by atoms with Gasteiger partial charge in [0.25, 0.3) is 0 Å². The van der Waals surface area contributed by atoms with E-state index in [9.17, 15) is 0 Å². The van der Waals surface area contributed by atoms with Crippen molar-refractivity contribution in [1.82, 2.24) is 10.2 Å². The predicted octanol–water partition coefficient (Wildman–Crippen LogP) is 3.62. The van der Waals surface area contributed by atoms with Gasteiger partial charge in [0.05, 0.1) is 6.20 Å². The van der Waals surface area contributed by atoms with Crippen LogP contribution in [0.3, 0.4) is 0 Å². The zero-order valence-corrected chi connectivity index (χ0v) is 10.5. The quantitative estimate of drug-likeness (QED) is 0.851. The number of nitrogens with one attached hydrogen (secondary N) is 1. The first-order valence-electron chi connectivity index (χ1n) is 6.32. The third-order valence-electron chi connectivity index (χ3n) is 3.04. The maximum absolute atomic E-state index is 4.22. The van der Waals surface area contributed by atoms with Gasteiger partial charge >= 0.3 is 0 Å². The van der Waals surface area contributed by atoms with Gasteiger partial charge in [-0.15, -0.1) is 5.10 Å². The van der Waals surface area contributed by atoms with Crippen LogP contribution in [0.5, 0.6) is 0 Å². The maximum Gasteiger partial charge on any atom is 0.156 e. The average molecular weight is 229 g/mol. The van der Waals surface area contributed by atoms with Crippen LogP contribution in [0.4, 0.5) is 5.82 Å². The van der Waals surface area contributed by atoms with Crippen LogP contribution in [0, 0.1) is 0 Å². The molecule has 3 nitrogen and oxygen atoms in total. The molecule has 0 saturated heterocycles. The highest BCUT2D eigenvalue weighted by atomic mass is 15.2. The molecule has 1 aromatic heterocycles. The standard InChI is InChI=1S/C14H19N3/c1-3-7-12(4-2)16-14-13-9-6-5-8-11(13)10-15-17-14/h5-6,8-10,12H,3-4,7H2,1-2H3,(H,16,17). The second-order valence-corrected chi connectivity index (χ2v) is 4.32. The summed E-state index contributed by atoms with van der Waals surface area (Å²) in [7, 11) is 0. The first-order chi connectivity index (χ1) is 8.35. The van der Waals surface area contributed by atoms with Gasteiger partial charge < -0.3 is 5.32 Å². The van der Waals surface area contributed by atoms with Gasteiger partial charge in [0.2, 0.25) is 0 Å². The molecule has 2 aromatic rings. The monoisotopic (exact) mass is 229 g/mol. The molecule has 90 valence electrons. The minimum atomic E-state index is 0.486. The molecular weight excluding hydrogens is 210 g/mol. The minimum Gasteiger partial charge on any atom is -0.365 e. The number of rotatable bonds is 5. The Labute approximate surface area is 102 Å². The molecule has 0 saturated carbocycles. The number of nitrogens with zero attached hydrogens (tertiary/aromatic N) is 2. The molecule has 1 N–H and O–H groups in total. The Bertz CT molecular complexity index is 476. The van der Waals surface area contributed by atoms with E-state index in [0.29, 0.717) is 6.04 Å². The lowest BCUT2D eigenvalue weighted by Crippen LogP contribution is -2.19. The van der Waals surface area contributed by atoms with Gasteiger partial charge in [-0.05, 0) is 12.8 Å². The fourth-order valence-electron chi connectivity index (χ4n) is 2.05. The average Bonchev–Trinajstić information content (AvgIpc) is 2.38. The number of hydrogen-bond donors (Lipinski definition) is 1. The lowest BCUT2D eigenvalue weighted by atomic mass is 10.1. The highest BCUT2D eigenvalue weighted by molar-refractivity contribution is 5.90. The van der Waals surface area contributed by atoms with Gasteiger partial charge in [0.1, 0.15) is 0 Å². The Balaban J connectivity index is 2.28. The Morgan fingerprint density at radius 3 is 2.82 bits per heavy atom. The summed E-state index contributed by atoms with van der Waals surface area (Å²) in [5.74, 6) is 0.906. The van der Waals surface area contributed by atoms with Crippen LogP contribution in [0.25, 0.3) is 10.8 Å². The molecule has 0 aliphatic rings. The van der Waals surface area contributed by atoms with Gasteiger partial charge in [-0.3, -0.25) is 0 Å². The van der Waals surface area contributed by atoms with E-state index in [1.54, 1.807) is 6.20 Å². The van der Waals surface area contributed by atoms with Gasteiger partial charge in [-0.2, -0.15) is 5.10 Å². The Kier molecular flexibility index (Phi) is 3.91. The highest BCUT2D eigenvalue weighted by Crippen LogP contribution is 2.21. The van der Waals surface area contributed by atoms with Gasteiger partial charge in [-0.1, -0.05) is 44.5 Å². The molecule has 0 bridgehead atoms. The van der Waals surface area contributed by atoms with Gasteiger partial charge in [0, 0.05) is 16.8 Å². The summed E-state index contributed by atoms with van der Waals surface area (Å²) < 4.78 is 0. The van der Waals surface area contributed by atoms with E-state index in [4.69, 9.17) is 0 Å². The van der Waals surface area contributed by atoms with Crippen molar-refractivity contribution in [2.75, 3.05) is 5.32 Å². The molecule has 0 radical (unpaired) electrons. The minimum absolute atomic E-state index is 0.486. The molecule has 1 aromatic carbocycles. The zero-order chi connectivity index (χ0) is 12.1. The third kappa shape index (κ3) is 2.73. The lowest BCUT2D eigenvalue weighted by Gasteiger charge is -2.17. The Morgan fingerprint density at radius 2 is 2.06 bits per heavy atom. The number of aromatic nitrogens is 2. The van der Waals surface area contributed by atoms with Crippen molar-refractivity contribution in [3.05, 3.63) is 30.5 Å².